The summed E-state index contributed by atoms with van der Waals surface area (Å²) in [7, 11) is 4.07. The highest BCUT2D eigenvalue weighted by Crippen LogP contribution is 2.28. The highest BCUT2D eigenvalue weighted by atomic mass is 16.5. The highest BCUT2D eigenvalue weighted by molar-refractivity contribution is 5.69. The van der Waals surface area contributed by atoms with Crippen molar-refractivity contribution in [2.75, 3.05) is 32.2 Å². The lowest BCUT2D eigenvalue weighted by Crippen LogP contribution is -2.10. The molecule has 6 heteroatoms. The van der Waals surface area contributed by atoms with E-state index in [1.165, 1.54) is 11.1 Å². The summed E-state index contributed by atoms with van der Waals surface area (Å²) in [6.45, 7) is 8.90. The van der Waals surface area contributed by atoms with Crippen LogP contribution in [0.15, 0.2) is 40.8 Å². The van der Waals surface area contributed by atoms with Gasteiger partial charge in [0.25, 0.3) is 0 Å². The predicted molar refractivity (Wildman–Crippen MR) is 136 cm³/mol. The van der Waals surface area contributed by atoms with Crippen LogP contribution in [0.25, 0.3) is 11.5 Å². The second-order valence-corrected chi connectivity index (χ2v) is 8.61. The number of aromatic nitrogens is 1. The van der Waals surface area contributed by atoms with Gasteiger partial charge >= 0.3 is 5.97 Å². The first-order chi connectivity index (χ1) is 16.3. The van der Waals surface area contributed by atoms with Gasteiger partial charge in [-0.3, -0.25) is 4.79 Å². The van der Waals surface area contributed by atoms with Crippen LogP contribution < -0.4 is 9.64 Å². The molecule has 0 saturated heterocycles. The van der Waals surface area contributed by atoms with Crippen molar-refractivity contribution in [2.24, 2.45) is 0 Å². The van der Waals surface area contributed by atoms with E-state index in [9.17, 15) is 4.79 Å². The van der Waals surface area contributed by atoms with Crippen molar-refractivity contribution in [1.82, 2.24) is 4.98 Å². The molecular weight excluding hydrogens is 428 g/mol. The first-order valence-corrected chi connectivity index (χ1v) is 12.0. The lowest BCUT2D eigenvalue weighted by atomic mass is 10.0. The van der Waals surface area contributed by atoms with Crippen molar-refractivity contribution in [2.45, 2.75) is 53.4 Å². The van der Waals surface area contributed by atoms with Crippen LogP contribution in [-0.2, 0) is 28.8 Å². The lowest BCUT2D eigenvalue weighted by molar-refractivity contribution is -0.143. The summed E-state index contributed by atoms with van der Waals surface area (Å²) in [4.78, 5) is 18.5. The highest BCUT2D eigenvalue weighted by Gasteiger charge is 2.14. The van der Waals surface area contributed by atoms with E-state index in [1.807, 2.05) is 46.1 Å². The van der Waals surface area contributed by atoms with Gasteiger partial charge in [0.1, 0.15) is 11.5 Å². The van der Waals surface area contributed by atoms with E-state index in [4.69, 9.17) is 18.9 Å². The molecule has 3 aromatic rings. The third-order valence-electron chi connectivity index (χ3n) is 5.90. The molecule has 0 aliphatic carbocycles. The number of rotatable bonds is 11. The van der Waals surface area contributed by atoms with Crippen molar-refractivity contribution in [3.8, 4) is 17.2 Å². The molecule has 34 heavy (non-hydrogen) atoms. The quantitative estimate of drug-likeness (QED) is 0.339. The molecule has 2 aromatic carbocycles. The molecular formula is C28H36N2O4. The van der Waals surface area contributed by atoms with Gasteiger partial charge in [-0.25, -0.2) is 4.98 Å². The zero-order valence-electron chi connectivity index (χ0n) is 21.2. The molecule has 0 unspecified atom stereocenters. The Morgan fingerprint density at radius 1 is 1.03 bits per heavy atom. The standard InChI is InChI=1S/C28H36N2O4/c1-7-21-17-24(13-11-22(21)12-14-27(31)32-8-2)33-16-15-25-20(4)34-28(29-25)23-10-9-19(3)26(18-23)30(5)6/h9-11,13,17-18H,7-8,12,14-16H2,1-6H3. The Labute approximate surface area is 202 Å². The Hall–Kier alpha value is -3.28. The van der Waals surface area contributed by atoms with E-state index in [1.54, 1.807) is 0 Å². The van der Waals surface area contributed by atoms with Gasteiger partial charge < -0.3 is 18.8 Å². The number of hydrogen-bond donors (Lipinski definition) is 0. The minimum absolute atomic E-state index is 0.157. The average Bonchev–Trinajstić information content (AvgIpc) is 3.18. The number of benzene rings is 2. The van der Waals surface area contributed by atoms with E-state index >= 15 is 0 Å². The maximum absolute atomic E-state index is 11.7. The summed E-state index contributed by atoms with van der Waals surface area (Å²) in [6, 6.07) is 12.3. The molecule has 0 aliphatic rings. The number of aryl methyl sites for hydroxylation is 4. The molecule has 0 saturated carbocycles. The third-order valence-corrected chi connectivity index (χ3v) is 5.90. The van der Waals surface area contributed by atoms with Crippen molar-refractivity contribution in [3.63, 3.8) is 0 Å². The molecule has 0 atom stereocenters. The summed E-state index contributed by atoms with van der Waals surface area (Å²) in [5.74, 6) is 2.12. The molecule has 3 rings (SSSR count). The molecule has 6 nitrogen and oxygen atoms in total. The predicted octanol–water partition coefficient (Wildman–Crippen LogP) is 5.70. The van der Waals surface area contributed by atoms with Crippen molar-refractivity contribution in [1.29, 1.82) is 0 Å². The average molecular weight is 465 g/mol. The van der Waals surface area contributed by atoms with Crippen LogP contribution >= 0.6 is 0 Å². The Morgan fingerprint density at radius 2 is 1.82 bits per heavy atom. The normalized spacial score (nSPS) is 10.9. The van der Waals surface area contributed by atoms with Crippen molar-refractivity contribution < 1.29 is 18.7 Å². The second-order valence-electron chi connectivity index (χ2n) is 8.61. The number of anilines is 1. The molecule has 0 amide bonds. The molecule has 1 heterocycles. The fourth-order valence-electron chi connectivity index (χ4n) is 4.01. The SMILES string of the molecule is CCOC(=O)CCc1ccc(OCCc2nc(-c3ccc(C)c(N(C)C)c3)oc2C)cc1CC. The molecule has 0 fully saturated rings. The summed E-state index contributed by atoms with van der Waals surface area (Å²) in [6.07, 6.45) is 2.62. The van der Waals surface area contributed by atoms with Crippen molar-refractivity contribution in [3.05, 3.63) is 64.5 Å². The molecule has 0 N–H and O–H groups in total. The smallest absolute Gasteiger partial charge is 0.306 e. The third kappa shape index (κ3) is 6.40. The van der Waals surface area contributed by atoms with Crippen LogP contribution in [0.1, 0.15) is 48.4 Å². The van der Waals surface area contributed by atoms with E-state index in [-0.39, 0.29) is 5.97 Å². The molecule has 182 valence electrons. The van der Waals surface area contributed by atoms with Gasteiger partial charge in [0.2, 0.25) is 5.89 Å². The number of carbonyl (C=O) groups is 1. The van der Waals surface area contributed by atoms with E-state index < -0.39 is 0 Å². The maximum Gasteiger partial charge on any atom is 0.306 e. The van der Waals surface area contributed by atoms with Gasteiger partial charge in [0, 0.05) is 38.2 Å². The first-order valence-electron chi connectivity index (χ1n) is 12.0. The Morgan fingerprint density at radius 3 is 2.53 bits per heavy atom. The first kappa shape index (κ1) is 25.3. The number of oxazole rings is 1. The van der Waals surface area contributed by atoms with E-state index in [0.29, 0.717) is 38.4 Å². The Balaban J connectivity index is 1.62. The van der Waals surface area contributed by atoms with Gasteiger partial charge in [-0.15, -0.1) is 0 Å². The maximum atomic E-state index is 11.7. The van der Waals surface area contributed by atoms with Gasteiger partial charge in [0.05, 0.1) is 18.9 Å². The number of ether oxygens (including phenoxy) is 2. The Bertz CT molecular complexity index is 1120. The fourth-order valence-corrected chi connectivity index (χ4v) is 4.01. The summed E-state index contributed by atoms with van der Waals surface area (Å²) in [5.41, 5.74) is 6.59. The minimum atomic E-state index is -0.157. The number of hydrogen-bond acceptors (Lipinski definition) is 6. The second kappa shape index (κ2) is 11.7. The minimum Gasteiger partial charge on any atom is -0.493 e. The largest absolute Gasteiger partial charge is 0.493 e. The zero-order valence-corrected chi connectivity index (χ0v) is 21.2. The topological polar surface area (TPSA) is 64.8 Å². The van der Waals surface area contributed by atoms with Gasteiger partial charge in [0.15, 0.2) is 0 Å². The molecule has 1 aromatic heterocycles. The molecule has 0 bridgehead atoms. The van der Waals surface area contributed by atoms with Crippen LogP contribution in [0.3, 0.4) is 0 Å². The van der Waals surface area contributed by atoms with Crippen LogP contribution in [0.4, 0.5) is 5.69 Å². The van der Waals surface area contributed by atoms with Gasteiger partial charge in [-0.1, -0.05) is 19.1 Å². The van der Waals surface area contributed by atoms with Crippen LogP contribution in [0.2, 0.25) is 0 Å². The van der Waals surface area contributed by atoms with Crippen molar-refractivity contribution >= 4 is 11.7 Å². The number of carbonyl (C=O) groups excluding carboxylic acids is 1. The summed E-state index contributed by atoms with van der Waals surface area (Å²) < 4.78 is 17.0. The fraction of sp³-hybridized carbons (Fsp3) is 0.429. The van der Waals surface area contributed by atoms with E-state index in [2.05, 4.69) is 36.9 Å². The number of nitrogens with zero attached hydrogens (tertiary/aromatic N) is 2. The summed E-state index contributed by atoms with van der Waals surface area (Å²) >= 11 is 0. The van der Waals surface area contributed by atoms with E-state index in [0.717, 1.165) is 40.4 Å². The van der Waals surface area contributed by atoms with Crippen LogP contribution in [-0.4, -0.2) is 38.3 Å². The lowest BCUT2D eigenvalue weighted by Gasteiger charge is -2.16. The zero-order chi connectivity index (χ0) is 24.7. The van der Waals surface area contributed by atoms with Gasteiger partial charge in [-0.05, 0) is 74.6 Å². The molecule has 0 aliphatic heterocycles. The number of esters is 1. The Kier molecular flexibility index (Phi) is 8.74. The van der Waals surface area contributed by atoms with Gasteiger partial charge in [-0.2, -0.15) is 0 Å². The molecule has 0 radical (unpaired) electrons. The van der Waals surface area contributed by atoms with Crippen LogP contribution in [0.5, 0.6) is 5.75 Å². The van der Waals surface area contributed by atoms with Crippen LogP contribution in [0, 0.1) is 13.8 Å². The summed E-state index contributed by atoms with van der Waals surface area (Å²) in [5, 5.41) is 0. The molecule has 0 spiro atoms. The monoisotopic (exact) mass is 464 g/mol.